The van der Waals surface area contributed by atoms with Gasteiger partial charge in [0.05, 0.1) is 16.9 Å². The first-order valence-electron chi connectivity index (χ1n) is 4.65. The molecule has 2 aromatic rings. The van der Waals surface area contributed by atoms with Crippen LogP contribution in [0.5, 0.6) is 0 Å². The lowest BCUT2D eigenvalue weighted by Gasteiger charge is -1.90. The zero-order chi connectivity index (χ0) is 13.3. The molecule has 18 heavy (non-hydrogen) atoms. The van der Waals surface area contributed by atoms with Crippen LogP contribution in [-0.2, 0) is 6.54 Å². The molecule has 0 saturated carbocycles. The standard InChI is InChI=1S/C9H6ClN3O5/c10-7-3-12(11-8(7)13(16)17)2-6-1-5(4-18-6)9(14)15/h1,3-4H,2H2,(H,14,15). The molecule has 0 unspecified atom stereocenters. The van der Waals surface area contributed by atoms with Gasteiger partial charge in [-0.15, -0.1) is 0 Å². The predicted octanol–water partition coefficient (Wildman–Crippen LogP) is 1.78. The summed E-state index contributed by atoms with van der Waals surface area (Å²) in [5.41, 5.74) is -0.00208. The number of carbonyl (C=O) groups is 1. The van der Waals surface area contributed by atoms with Gasteiger partial charge in [0, 0.05) is 0 Å². The van der Waals surface area contributed by atoms with Crippen LogP contribution in [0.2, 0.25) is 5.02 Å². The molecule has 0 aliphatic heterocycles. The van der Waals surface area contributed by atoms with E-state index in [-0.39, 0.29) is 17.1 Å². The second kappa shape index (κ2) is 4.49. The van der Waals surface area contributed by atoms with E-state index >= 15 is 0 Å². The monoisotopic (exact) mass is 271 g/mol. The van der Waals surface area contributed by atoms with E-state index in [1.165, 1.54) is 16.9 Å². The second-order valence-electron chi connectivity index (χ2n) is 3.36. The number of halogens is 1. The lowest BCUT2D eigenvalue weighted by atomic mass is 10.3. The summed E-state index contributed by atoms with van der Waals surface area (Å²) in [5.74, 6) is -1.27. The number of hydrogen-bond acceptors (Lipinski definition) is 5. The van der Waals surface area contributed by atoms with Crippen LogP contribution in [0.25, 0.3) is 0 Å². The lowest BCUT2D eigenvalue weighted by molar-refractivity contribution is -0.389. The Hall–Kier alpha value is -2.35. The van der Waals surface area contributed by atoms with E-state index in [2.05, 4.69) is 5.10 Å². The molecule has 9 heteroatoms. The maximum atomic E-state index is 10.6. The van der Waals surface area contributed by atoms with Crippen LogP contribution in [0.15, 0.2) is 22.9 Å². The number of hydrogen-bond donors (Lipinski definition) is 1. The first kappa shape index (κ1) is 12.1. The molecule has 2 aromatic heterocycles. The number of rotatable bonds is 4. The third-order valence-electron chi connectivity index (χ3n) is 2.09. The van der Waals surface area contributed by atoms with Crippen molar-refractivity contribution < 1.29 is 19.2 Å². The Kier molecular flexibility index (Phi) is 3.02. The smallest absolute Gasteiger partial charge is 0.408 e. The maximum Gasteiger partial charge on any atom is 0.408 e. The van der Waals surface area contributed by atoms with Crippen LogP contribution in [0.3, 0.4) is 0 Å². The summed E-state index contributed by atoms with van der Waals surface area (Å²) in [7, 11) is 0. The summed E-state index contributed by atoms with van der Waals surface area (Å²) in [5, 5.41) is 22.8. The fourth-order valence-corrected chi connectivity index (χ4v) is 1.55. The Labute approximate surface area is 105 Å². The number of aromatic carboxylic acids is 1. The Morgan fingerprint density at radius 1 is 1.67 bits per heavy atom. The molecule has 0 aliphatic rings. The number of aromatic nitrogens is 2. The van der Waals surface area contributed by atoms with Gasteiger partial charge in [0.15, 0.2) is 5.02 Å². The Balaban J connectivity index is 2.20. The fraction of sp³-hybridized carbons (Fsp3) is 0.111. The first-order chi connectivity index (χ1) is 8.47. The van der Waals surface area contributed by atoms with Gasteiger partial charge in [-0.05, 0) is 11.0 Å². The van der Waals surface area contributed by atoms with Gasteiger partial charge in [-0.25, -0.2) is 4.79 Å². The van der Waals surface area contributed by atoms with Crippen LogP contribution in [-0.4, -0.2) is 25.8 Å². The molecule has 2 heterocycles. The van der Waals surface area contributed by atoms with Crippen LogP contribution in [0.1, 0.15) is 16.1 Å². The predicted molar refractivity (Wildman–Crippen MR) is 58.7 cm³/mol. The SMILES string of the molecule is O=C(O)c1coc(Cn2cc(Cl)c([N+](=O)[O-])n2)c1. The molecule has 0 spiro atoms. The van der Waals surface area contributed by atoms with E-state index in [1.54, 1.807) is 0 Å². The highest BCUT2D eigenvalue weighted by Gasteiger charge is 2.20. The molecule has 1 N–H and O–H groups in total. The van der Waals surface area contributed by atoms with Gasteiger partial charge in [0.1, 0.15) is 18.6 Å². The maximum absolute atomic E-state index is 10.6. The summed E-state index contributed by atoms with van der Waals surface area (Å²) in [6, 6.07) is 1.31. The van der Waals surface area contributed by atoms with Crippen molar-refractivity contribution in [1.82, 2.24) is 9.78 Å². The van der Waals surface area contributed by atoms with E-state index < -0.39 is 16.7 Å². The first-order valence-corrected chi connectivity index (χ1v) is 5.03. The van der Waals surface area contributed by atoms with Gasteiger partial charge in [0.25, 0.3) is 0 Å². The average Bonchev–Trinajstić information content (AvgIpc) is 2.86. The summed E-state index contributed by atoms with van der Waals surface area (Å²) in [6.07, 6.45) is 2.35. The van der Waals surface area contributed by atoms with Gasteiger partial charge in [-0.3, -0.25) is 0 Å². The minimum absolute atomic E-state index is 0.00208. The Morgan fingerprint density at radius 2 is 2.39 bits per heavy atom. The van der Waals surface area contributed by atoms with Crippen LogP contribution in [0, 0.1) is 10.1 Å². The van der Waals surface area contributed by atoms with Crippen molar-refractivity contribution in [2.24, 2.45) is 0 Å². The normalized spacial score (nSPS) is 10.5. The molecule has 0 amide bonds. The number of furan rings is 1. The highest BCUT2D eigenvalue weighted by molar-refractivity contribution is 6.32. The van der Waals surface area contributed by atoms with Crippen molar-refractivity contribution in [1.29, 1.82) is 0 Å². The molecule has 0 aliphatic carbocycles. The minimum atomic E-state index is -1.12. The van der Waals surface area contributed by atoms with Gasteiger partial charge in [0.2, 0.25) is 0 Å². The number of nitrogens with zero attached hydrogens (tertiary/aromatic N) is 3. The zero-order valence-electron chi connectivity index (χ0n) is 8.74. The minimum Gasteiger partial charge on any atom is -0.478 e. The van der Waals surface area contributed by atoms with Gasteiger partial charge in [-0.1, -0.05) is 11.6 Å². The molecule has 0 radical (unpaired) electrons. The van der Waals surface area contributed by atoms with Crippen molar-refractivity contribution in [3.63, 3.8) is 0 Å². The highest BCUT2D eigenvalue weighted by atomic mass is 35.5. The molecule has 94 valence electrons. The topological polar surface area (TPSA) is 111 Å². The summed E-state index contributed by atoms with van der Waals surface area (Å²) >= 11 is 5.61. The van der Waals surface area contributed by atoms with Crippen LogP contribution < -0.4 is 0 Å². The van der Waals surface area contributed by atoms with E-state index in [4.69, 9.17) is 21.1 Å². The Morgan fingerprint density at radius 3 is 2.89 bits per heavy atom. The summed E-state index contributed by atoms with van der Waals surface area (Å²) < 4.78 is 6.18. The van der Waals surface area contributed by atoms with E-state index in [9.17, 15) is 14.9 Å². The van der Waals surface area contributed by atoms with Crippen molar-refractivity contribution >= 4 is 23.4 Å². The molecule has 0 fully saturated rings. The highest BCUT2D eigenvalue weighted by Crippen LogP contribution is 2.22. The third-order valence-corrected chi connectivity index (χ3v) is 2.36. The summed E-state index contributed by atoms with van der Waals surface area (Å²) in [6.45, 7) is 0.0564. The number of carboxylic acid groups (broad SMARTS) is 1. The van der Waals surface area contributed by atoms with Crippen molar-refractivity contribution in [2.75, 3.05) is 0 Å². The summed E-state index contributed by atoms with van der Waals surface area (Å²) in [4.78, 5) is 20.4. The largest absolute Gasteiger partial charge is 0.478 e. The quantitative estimate of drug-likeness (QED) is 0.670. The van der Waals surface area contributed by atoms with Crippen molar-refractivity contribution in [3.8, 4) is 0 Å². The Bertz CT molecular complexity index is 618. The second-order valence-corrected chi connectivity index (χ2v) is 3.77. The van der Waals surface area contributed by atoms with Crippen LogP contribution >= 0.6 is 11.6 Å². The average molecular weight is 272 g/mol. The molecule has 8 nitrogen and oxygen atoms in total. The van der Waals surface area contributed by atoms with Crippen molar-refractivity contribution in [2.45, 2.75) is 6.54 Å². The van der Waals surface area contributed by atoms with E-state index in [0.29, 0.717) is 5.76 Å². The van der Waals surface area contributed by atoms with Gasteiger partial charge < -0.3 is 19.6 Å². The van der Waals surface area contributed by atoms with Gasteiger partial charge >= 0.3 is 11.8 Å². The molecule has 0 bridgehead atoms. The molecular weight excluding hydrogens is 266 g/mol. The molecule has 0 atom stereocenters. The fourth-order valence-electron chi connectivity index (χ4n) is 1.33. The molecule has 2 rings (SSSR count). The molecule has 0 aromatic carbocycles. The van der Waals surface area contributed by atoms with Gasteiger partial charge in [-0.2, -0.15) is 4.68 Å². The zero-order valence-corrected chi connectivity index (χ0v) is 9.49. The van der Waals surface area contributed by atoms with Crippen LogP contribution in [0.4, 0.5) is 5.82 Å². The van der Waals surface area contributed by atoms with E-state index in [1.807, 2.05) is 0 Å². The number of nitro groups is 1. The van der Waals surface area contributed by atoms with E-state index in [0.717, 1.165) is 6.26 Å². The lowest BCUT2D eigenvalue weighted by Crippen LogP contribution is -2.00. The third kappa shape index (κ3) is 2.33. The van der Waals surface area contributed by atoms with Crippen molar-refractivity contribution in [3.05, 3.63) is 45.0 Å². The molecular formula is C9H6ClN3O5. The molecule has 0 saturated heterocycles. The number of carboxylic acids is 1.